The van der Waals surface area contributed by atoms with Gasteiger partial charge in [-0.3, -0.25) is 0 Å². The lowest BCUT2D eigenvalue weighted by Gasteiger charge is -2.35. The van der Waals surface area contributed by atoms with Crippen LogP contribution in [0.1, 0.15) is 52.9 Å². The maximum Gasteiger partial charge on any atom is 0.0587 e. The van der Waals surface area contributed by atoms with Crippen molar-refractivity contribution in [3.05, 3.63) is 0 Å². The van der Waals surface area contributed by atoms with Crippen LogP contribution in [-0.2, 0) is 4.74 Å². The third-order valence-corrected chi connectivity index (χ3v) is 5.57. The molecule has 112 valence electrons. The number of methoxy groups -OCH3 is 1. The fourth-order valence-electron chi connectivity index (χ4n) is 4.22. The molecule has 4 atom stereocenters. The van der Waals surface area contributed by atoms with Gasteiger partial charge in [0.15, 0.2) is 0 Å². The Morgan fingerprint density at radius 1 is 1.21 bits per heavy atom. The molecule has 2 aliphatic rings. The first-order chi connectivity index (χ1) is 9.00. The first-order valence-electron chi connectivity index (χ1n) is 8.20. The van der Waals surface area contributed by atoms with E-state index in [0.717, 1.165) is 43.4 Å². The SMILES string of the molecule is COCCNCC(CC1CC2CCC1C2)C(C)(C)C. The Kier molecular flexibility index (Phi) is 5.30. The molecule has 2 heteroatoms. The van der Waals surface area contributed by atoms with Crippen molar-refractivity contribution in [1.82, 2.24) is 5.32 Å². The Morgan fingerprint density at radius 3 is 2.53 bits per heavy atom. The highest BCUT2D eigenvalue weighted by atomic mass is 16.5. The summed E-state index contributed by atoms with van der Waals surface area (Å²) < 4.78 is 5.12. The smallest absolute Gasteiger partial charge is 0.0587 e. The van der Waals surface area contributed by atoms with Crippen molar-refractivity contribution >= 4 is 0 Å². The summed E-state index contributed by atoms with van der Waals surface area (Å²) in [6.45, 7) is 10.2. The van der Waals surface area contributed by atoms with Crippen molar-refractivity contribution in [1.29, 1.82) is 0 Å². The molecule has 2 aliphatic carbocycles. The molecule has 0 saturated heterocycles. The molecule has 0 aromatic heterocycles. The normalized spacial score (nSPS) is 31.9. The van der Waals surface area contributed by atoms with Crippen molar-refractivity contribution in [3.8, 4) is 0 Å². The van der Waals surface area contributed by atoms with Crippen LogP contribution in [0.2, 0.25) is 0 Å². The summed E-state index contributed by atoms with van der Waals surface area (Å²) in [4.78, 5) is 0. The highest BCUT2D eigenvalue weighted by Crippen LogP contribution is 2.51. The molecule has 2 fully saturated rings. The van der Waals surface area contributed by atoms with Crippen molar-refractivity contribution in [2.45, 2.75) is 52.9 Å². The van der Waals surface area contributed by atoms with E-state index in [1.807, 2.05) is 0 Å². The van der Waals surface area contributed by atoms with Crippen LogP contribution in [0.15, 0.2) is 0 Å². The zero-order valence-electron chi connectivity index (χ0n) is 13.4. The molecule has 2 bridgehead atoms. The first-order valence-corrected chi connectivity index (χ1v) is 8.20. The van der Waals surface area contributed by atoms with Gasteiger partial charge in [0.2, 0.25) is 0 Å². The van der Waals surface area contributed by atoms with Gasteiger partial charge in [-0.15, -0.1) is 0 Å². The van der Waals surface area contributed by atoms with E-state index >= 15 is 0 Å². The number of hydrogen-bond acceptors (Lipinski definition) is 2. The summed E-state index contributed by atoms with van der Waals surface area (Å²) in [6.07, 6.45) is 7.54. The monoisotopic (exact) mass is 267 g/mol. The number of nitrogens with one attached hydrogen (secondary N) is 1. The second kappa shape index (κ2) is 6.58. The summed E-state index contributed by atoms with van der Waals surface area (Å²) in [5.41, 5.74) is 0.419. The fraction of sp³-hybridized carbons (Fsp3) is 1.00. The van der Waals surface area contributed by atoms with E-state index in [0.29, 0.717) is 5.41 Å². The van der Waals surface area contributed by atoms with Crippen LogP contribution in [-0.4, -0.2) is 26.8 Å². The zero-order chi connectivity index (χ0) is 13.9. The molecule has 0 heterocycles. The second-order valence-electron chi connectivity index (χ2n) is 7.93. The third-order valence-electron chi connectivity index (χ3n) is 5.57. The molecule has 0 aromatic rings. The molecular formula is C17H33NO. The van der Waals surface area contributed by atoms with Crippen molar-refractivity contribution in [2.75, 3.05) is 26.8 Å². The van der Waals surface area contributed by atoms with Gasteiger partial charge in [0.05, 0.1) is 6.61 Å². The predicted octanol–water partition coefficient (Wildman–Crippen LogP) is 3.71. The highest BCUT2D eigenvalue weighted by Gasteiger charge is 2.41. The van der Waals surface area contributed by atoms with Crippen LogP contribution in [0.25, 0.3) is 0 Å². The van der Waals surface area contributed by atoms with Gasteiger partial charge in [0.1, 0.15) is 0 Å². The standard InChI is InChI=1S/C17H33NO/c1-17(2,3)16(12-18-7-8-19-4)11-15-10-13-5-6-14(15)9-13/h13-16,18H,5-12H2,1-4H3. The lowest BCUT2D eigenvalue weighted by atomic mass is 9.72. The molecule has 2 saturated carbocycles. The van der Waals surface area contributed by atoms with Gasteiger partial charge >= 0.3 is 0 Å². The summed E-state index contributed by atoms with van der Waals surface area (Å²) in [5.74, 6) is 3.96. The zero-order valence-corrected chi connectivity index (χ0v) is 13.4. The minimum Gasteiger partial charge on any atom is -0.383 e. The fourth-order valence-corrected chi connectivity index (χ4v) is 4.22. The van der Waals surface area contributed by atoms with Crippen molar-refractivity contribution in [3.63, 3.8) is 0 Å². The van der Waals surface area contributed by atoms with E-state index in [-0.39, 0.29) is 0 Å². The summed E-state index contributed by atoms with van der Waals surface area (Å²) in [5, 5.41) is 3.59. The van der Waals surface area contributed by atoms with Gasteiger partial charge < -0.3 is 10.1 Å². The molecule has 0 spiro atoms. The van der Waals surface area contributed by atoms with Gasteiger partial charge in [-0.25, -0.2) is 0 Å². The summed E-state index contributed by atoms with van der Waals surface area (Å²) in [7, 11) is 1.78. The molecule has 1 N–H and O–H groups in total. The summed E-state index contributed by atoms with van der Waals surface area (Å²) in [6, 6.07) is 0. The molecule has 4 unspecified atom stereocenters. The van der Waals surface area contributed by atoms with E-state index < -0.39 is 0 Å². The third kappa shape index (κ3) is 4.19. The van der Waals surface area contributed by atoms with E-state index in [2.05, 4.69) is 26.1 Å². The molecule has 2 nitrogen and oxygen atoms in total. The van der Waals surface area contributed by atoms with E-state index in [1.54, 1.807) is 13.5 Å². The Balaban J connectivity index is 1.80. The highest BCUT2D eigenvalue weighted by molar-refractivity contribution is 4.92. The molecule has 0 amide bonds. The van der Waals surface area contributed by atoms with E-state index in [9.17, 15) is 0 Å². The van der Waals surface area contributed by atoms with Gasteiger partial charge in [-0.05, 0) is 61.3 Å². The minimum absolute atomic E-state index is 0.419. The Labute approximate surface area is 119 Å². The predicted molar refractivity (Wildman–Crippen MR) is 81.2 cm³/mol. The Bertz CT molecular complexity index is 271. The van der Waals surface area contributed by atoms with Gasteiger partial charge in [-0.1, -0.05) is 27.2 Å². The topological polar surface area (TPSA) is 21.3 Å². The summed E-state index contributed by atoms with van der Waals surface area (Å²) >= 11 is 0. The molecular weight excluding hydrogens is 234 g/mol. The van der Waals surface area contributed by atoms with Crippen molar-refractivity contribution in [2.24, 2.45) is 29.1 Å². The lowest BCUT2D eigenvalue weighted by molar-refractivity contribution is 0.154. The van der Waals surface area contributed by atoms with Gasteiger partial charge in [-0.2, -0.15) is 0 Å². The van der Waals surface area contributed by atoms with Gasteiger partial charge in [0.25, 0.3) is 0 Å². The Morgan fingerprint density at radius 2 is 2.00 bits per heavy atom. The number of ether oxygens (including phenoxy) is 1. The molecule has 0 radical (unpaired) electrons. The number of rotatable bonds is 7. The van der Waals surface area contributed by atoms with Crippen LogP contribution in [0.4, 0.5) is 0 Å². The van der Waals surface area contributed by atoms with Gasteiger partial charge in [0, 0.05) is 13.7 Å². The van der Waals surface area contributed by atoms with E-state index in [4.69, 9.17) is 4.74 Å². The quantitative estimate of drug-likeness (QED) is 0.710. The maximum absolute atomic E-state index is 5.12. The maximum atomic E-state index is 5.12. The largest absolute Gasteiger partial charge is 0.383 e. The van der Waals surface area contributed by atoms with Crippen LogP contribution in [0.3, 0.4) is 0 Å². The average Bonchev–Trinajstić information content (AvgIpc) is 2.93. The number of hydrogen-bond donors (Lipinski definition) is 1. The van der Waals surface area contributed by atoms with Crippen LogP contribution in [0.5, 0.6) is 0 Å². The van der Waals surface area contributed by atoms with Crippen LogP contribution >= 0.6 is 0 Å². The number of fused-ring (bicyclic) bond motifs is 2. The average molecular weight is 267 g/mol. The molecule has 0 aliphatic heterocycles. The molecule has 2 rings (SSSR count). The molecule has 0 aromatic carbocycles. The first kappa shape index (κ1) is 15.3. The van der Waals surface area contributed by atoms with Crippen molar-refractivity contribution < 1.29 is 4.74 Å². The lowest BCUT2D eigenvalue weighted by Crippen LogP contribution is -2.35. The molecule has 19 heavy (non-hydrogen) atoms. The van der Waals surface area contributed by atoms with Crippen LogP contribution < -0.4 is 5.32 Å². The minimum atomic E-state index is 0.419. The van der Waals surface area contributed by atoms with Crippen LogP contribution in [0, 0.1) is 29.1 Å². The second-order valence-corrected chi connectivity index (χ2v) is 7.93. The van der Waals surface area contributed by atoms with E-state index in [1.165, 1.54) is 25.7 Å². The Hall–Kier alpha value is -0.0800.